The molecule has 0 bridgehead atoms. The smallest absolute Gasteiger partial charge is 0.296 e. The normalized spacial score (nSPS) is 13.3. The molecule has 0 aliphatic rings. The Kier molecular flexibility index (Phi) is 4.40. The van der Waals surface area contributed by atoms with E-state index in [-0.39, 0.29) is 23.4 Å². The zero-order chi connectivity index (χ0) is 14.1. The maximum Gasteiger partial charge on any atom is 0.296 e. The first-order valence-electron chi connectivity index (χ1n) is 5.55. The number of ether oxygens (including phenoxy) is 1. The molecule has 0 spiro atoms. The molecule has 1 rings (SSSR count). The zero-order valence-corrected chi connectivity index (χ0v) is 12.7. The molecule has 0 fully saturated rings. The second kappa shape index (κ2) is 5.14. The van der Waals surface area contributed by atoms with Gasteiger partial charge in [0.1, 0.15) is 6.61 Å². The second-order valence-electron chi connectivity index (χ2n) is 5.20. The van der Waals surface area contributed by atoms with Gasteiger partial charge >= 0.3 is 0 Å². The Balaban J connectivity index is 3.11. The third-order valence-electron chi connectivity index (χ3n) is 2.10. The van der Waals surface area contributed by atoms with Crippen molar-refractivity contribution in [2.45, 2.75) is 58.0 Å². The van der Waals surface area contributed by atoms with Crippen LogP contribution in [-0.4, -0.2) is 28.8 Å². The van der Waals surface area contributed by atoms with Gasteiger partial charge in [0.2, 0.25) is 0 Å². The van der Waals surface area contributed by atoms with Gasteiger partial charge < -0.3 is 4.74 Å². The van der Waals surface area contributed by atoms with Crippen LogP contribution >= 0.6 is 10.7 Å². The largest absolute Gasteiger partial charge is 0.368 e. The minimum Gasteiger partial charge on any atom is -0.368 e. The lowest BCUT2D eigenvalue weighted by Crippen LogP contribution is -2.21. The Bertz CT molecular complexity index is 517. The highest BCUT2D eigenvalue weighted by Gasteiger charge is 2.25. The van der Waals surface area contributed by atoms with Crippen molar-refractivity contribution in [1.29, 1.82) is 0 Å². The molecule has 0 radical (unpaired) electrons. The van der Waals surface area contributed by atoms with Crippen LogP contribution in [0.3, 0.4) is 0 Å². The van der Waals surface area contributed by atoms with E-state index in [4.69, 9.17) is 15.4 Å². The van der Waals surface area contributed by atoms with Crippen molar-refractivity contribution in [1.82, 2.24) is 14.8 Å². The molecular weight excluding hydrogens is 278 g/mol. The van der Waals surface area contributed by atoms with Crippen LogP contribution in [0.4, 0.5) is 0 Å². The molecule has 104 valence electrons. The summed E-state index contributed by atoms with van der Waals surface area (Å²) in [5.41, 5.74) is -0.340. The second-order valence-corrected chi connectivity index (χ2v) is 7.66. The molecule has 1 aromatic heterocycles. The molecule has 1 aromatic rings. The fraction of sp³-hybridized carbons (Fsp3) is 0.800. The van der Waals surface area contributed by atoms with Gasteiger partial charge in [0.05, 0.1) is 5.60 Å². The van der Waals surface area contributed by atoms with Gasteiger partial charge in [-0.25, -0.2) is 8.42 Å². The van der Waals surface area contributed by atoms with Crippen LogP contribution in [0.15, 0.2) is 5.16 Å². The maximum absolute atomic E-state index is 11.4. The average Bonchev–Trinajstić information content (AvgIpc) is 2.55. The summed E-state index contributed by atoms with van der Waals surface area (Å²) >= 11 is 0. The van der Waals surface area contributed by atoms with Gasteiger partial charge in [-0.3, -0.25) is 4.57 Å². The van der Waals surface area contributed by atoms with E-state index in [1.165, 1.54) is 4.57 Å². The zero-order valence-electron chi connectivity index (χ0n) is 11.1. The topological polar surface area (TPSA) is 74.1 Å². The molecule has 0 amide bonds. The van der Waals surface area contributed by atoms with Gasteiger partial charge in [-0.1, -0.05) is 0 Å². The monoisotopic (exact) mass is 295 g/mol. The molecule has 0 aliphatic carbocycles. The number of hydrogen-bond donors (Lipinski definition) is 0. The summed E-state index contributed by atoms with van der Waals surface area (Å²) in [5.74, 6) is 0.444. The SMILES string of the molecule is CC(C)n1c(COC(C)(C)C)nnc1S(=O)(=O)Cl. The fourth-order valence-electron chi connectivity index (χ4n) is 1.37. The lowest BCUT2D eigenvalue weighted by atomic mass is 10.2. The first-order chi connectivity index (χ1) is 8.02. The van der Waals surface area contributed by atoms with Crippen molar-refractivity contribution in [2.24, 2.45) is 0 Å². The van der Waals surface area contributed by atoms with Gasteiger partial charge in [0.15, 0.2) is 5.82 Å². The van der Waals surface area contributed by atoms with Crippen LogP contribution in [-0.2, 0) is 20.4 Å². The van der Waals surface area contributed by atoms with E-state index >= 15 is 0 Å². The van der Waals surface area contributed by atoms with E-state index in [2.05, 4.69) is 10.2 Å². The van der Waals surface area contributed by atoms with E-state index < -0.39 is 9.05 Å². The third-order valence-corrected chi connectivity index (χ3v) is 3.23. The summed E-state index contributed by atoms with van der Waals surface area (Å²) < 4.78 is 29.8. The predicted octanol–water partition coefficient (Wildman–Crippen LogP) is 2.10. The van der Waals surface area contributed by atoms with E-state index in [9.17, 15) is 8.42 Å². The van der Waals surface area contributed by atoms with E-state index in [0.29, 0.717) is 5.82 Å². The highest BCUT2D eigenvalue weighted by molar-refractivity contribution is 8.13. The van der Waals surface area contributed by atoms with Gasteiger partial charge in [-0.2, -0.15) is 0 Å². The molecule has 0 saturated carbocycles. The van der Waals surface area contributed by atoms with E-state index in [1.54, 1.807) is 0 Å². The van der Waals surface area contributed by atoms with Crippen LogP contribution < -0.4 is 0 Å². The molecule has 8 heteroatoms. The van der Waals surface area contributed by atoms with Crippen molar-refractivity contribution in [3.05, 3.63) is 5.82 Å². The number of halogens is 1. The molecule has 0 atom stereocenters. The standard InChI is InChI=1S/C10H18ClN3O3S/c1-7(2)14-8(6-17-10(3,4)5)12-13-9(14)18(11,15)16/h7H,6H2,1-5H3. The van der Waals surface area contributed by atoms with Crippen LogP contribution in [0, 0.1) is 0 Å². The highest BCUT2D eigenvalue weighted by Crippen LogP contribution is 2.20. The molecule has 0 N–H and O–H groups in total. The minimum atomic E-state index is -3.91. The van der Waals surface area contributed by atoms with Crippen LogP contribution in [0.25, 0.3) is 0 Å². The Hall–Kier alpha value is -0.660. The Morgan fingerprint density at radius 3 is 2.28 bits per heavy atom. The predicted molar refractivity (Wildman–Crippen MR) is 68.0 cm³/mol. The van der Waals surface area contributed by atoms with Crippen LogP contribution in [0.1, 0.15) is 46.5 Å². The van der Waals surface area contributed by atoms with Gasteiger partial charge in [-0.05, 0) is 34.6 Å². The Labute approximate surface area is 112 Å². The number of aromatic nitrogens is 3. The molecule has 6 nitrogen and oxygen atoms in total. The van der Waals surface area contributed by atoms with Crippen LogP contribution in [0.5, 0.6) is 0 Å². The summed E-state index contributed by atoms with van der Waals surface area (Å²) in [5, 5.41) is 7.21. The molecule has 0 unspecified atom stereocenters. The summed E-state index contributed by atoms with van der Waals surface area (Å²) in [6.45, 7) is 9.55. The highest BCUT2D eigenvalue weighted by atomic mass is 35.7. The van der Waals surface area contributed by atoms with Crippen molar-refractivity contribution >= 4 is 19.7 Å². The number of nitrogens with zero attached hydrogens (tertiary/aromatic N) is 3. The summed E-state index contributed by atoms with van der Waals surface area (Å²) in [6.07, 6.45) is 0. The van der Waals surface area contributed by atoms with Crippen molar-refractivity contribution in [2.75, 3.05) is 0 Å². The summed E-state index contributed by atoms with van der Waals surface area (Å²) in [7, 11) is 1.41. The molecular formula is C10H18ClN3O3S. The molecule has 18 heavy (non-hydrogen) atoms. The quantitative estimate of drug-likeness (QED) is 0.795. The Morgan fingerprint density at radius 2 is 1.89 bits per heavy atom. The maximum atomic E-state index is 11.4. The average molecular weight is 296 g/mol. The summed E-state index contributed by atoms with van der Waals surface area (Å²) in [4.78, 5) is 0. The summed E-state index contributed by atoms with van der Waals surface area (Å²) in [6, 6.07) is -0.123. The van der Waals surface area contributed by atoms with Crippen molar-refractivity contribution in [3.8, 4) is 0 Å². The van der Waals surface area contributed by atoms with Crippen molar-refractivity contribution < 1.29 is 13.2 Å². The third kappa shape index (κ3) is 3.93. The lowest BCUT2D eigenvalue weighted by Gasteiger charge is -2.20. The van der Waals surface area contributed by atoms with Crippen LogP contribution in [0.2, 0.25) is 0 Å². The van der Waals surface area contributed by atoms with Gasteiger partial charge in [0, 0.05) is 16.7 Å². The lowest BCUT2D eigenvalue weighted by molar-refractivity contribution is -0.0199. The molecule has 0 aliphatic heterocycles. The first kappa shape index (κ1) is 15.4. The Morgan fingerprint density at radius 1 is 1.33 bits per heavy atom. The molecule has 0 saturated heterocycles. The van der Waals surface area contributed by atoms with E-state index in [0.717, 1.165) is 0 Å². The fourth-order valence-corrected chi connectivity index (χ4v) is 2.38. The van der Waals surface area contributed by atoms with E-state index in [1.807, 2.05) is 34.6 Å². The minimum absolute atomic E-state index is 0.123. The van der Waals surface area contributed by atoms with Gasteiger partial charge in [0.25, 0.3) is 14.2 Å². The van der Waals surface area contributed by atoms with Gasteiger partial charge in [-0.15, -0.1) is 10.2 Å². The molecule has 0 aromatic carbocycles. The first-order valence-corrected chi connectivity index (χ1v) is 7.85. The number of hydrogen-bond acceptors (Lipinski definition) is 5. The number of rotatable bonds is 4. The molecule has 1 heterocycles. The van der Waals surface area contributed by atoms with Crippen molar-refractivity contribution in [3.63, 3.8) is 0 Å².